The molecule has 0 spiro atoms. The van der Waals surface area contributed by atoms with Crippen LogP contribution in [0.4, 0.5) is 13.2 Å². The Morgan fingerprint density at radius 2 is 1.30 bits per heavy atom. The summed E-state index contributed by atoms with van der Waals surface area (Å²) in [6.45, 7) is 0.596. The highest BCUT2D eigenvalue weighted by Gasteiger charge is 2.35. The van der Waals surface area contributed by atoms with Crippen LogP contribution in [0.2, 0.25) is 5.02 Å². The molecule has 0 aromatic heterocycles. The van der Waals surface area contributed by atoms with Crippen molar-refractivity contribution in [2.45, 2.75) is 57.6 Å². The average Bonchev–Trinajstić information content (AvgIpc) is 3.10. The summed E-state index contributed by atoms with van der Waals surface area (Å²) >= 11 is 6.42. The number of aldehydes is 1. The third-order valence-electron chi connectivity index (χ3n) is 7.94. The largest absolute Gasteiger partial charge is 0.493 e. The fourth-order valence-electron chi connectivity index (χ4n) is 5.42. The molecule has 1 atom stereocenters. The Bertz CT molecular complexity index is 1580. The van der Waals surface area contributed by atoms with E-state index in [1.54, 1.807) is 13.2 Å². The van der Waals surface area contributed by atoms with Gasteiger partial charge in [0.05, 0.1) is 30.9 Å². The van der Waals surface area contributed by atoms with E-state index >= 15 is 0 Å². The minimum Gasteiger partial charge on any atom is -0.493 e. The molecule has 4 aromatic rings. The summed E-state index contributed by atoms with van der Waals surface area (Å²) in [5.74, 6) is 1.47. The highest BCUT2D eigenvalue weighted by atomic mass is 35.5. The molecule has 10 heteroatoms. The van der Waals surface area contributed by atoms with Gasteiger partial charge in [0.25, 0.3) is 0 Å². The van der Waals surface area contributed by atoms with Crippen molar-refractivity contribution in [2.24, 2.45) is 5.92 Å². The van der Waals surface area contributed by atoms with Crippen LogP contribution in [0.1, 0.15) is 70.8 Å². The van der Waals surface area contributed by atoms with E-state index in [4.69, 9.17) is 30.5 Å². The first-order valence-corrected chi connectivity index (χ1v) is 15.7. The molecule has 1 aliphatic rings. The number of benzene rings is 4. The number of hydrogen-bond donors (Lipinski definition) is 1. The quantitative estimate of drug-likeness (QED) is 0.160. The molecule has 0 heterocycles. The van der Waals surface area contributed by atoms with Gasteiger partial charge in [0, 0.05) is 17.2 Å². The van der Waals surface area contributed by atoms with Gasteiger partial charge in [-0.3, -0.25) is 4.79 Å². The summed E-state index contributed by atoms with van der Waals surface area (Å²) in [6, 6.07) is 24.5. The summed E-state index contributed by atoms with van der Waals surface area (Å²) in [5.41, 5.74) is 1.12. The minimum atomic E-state index is -4.64. The second-order valence-electron chi connectivity index (χ2n) is 11.1. The first-order chi connectivity index (χ1) is 22.6. The maximum Gasteiger partial charge on any atom is 0.417 e. The van der Waals surface area contributed by atoms with Crippen LogP contribution in [0.25, 0.3) is 0 Å². The van der Waals surface area contributed by atoms with Gasteiger partial charge in [-0.05, 0) is 48.1 Å². The molecule has 5 rings (SSSR count). The van der Waals surface area contributed by atoms with Crippen LogP contribution in [-0.2, 0) is 19.4 Å². The van der Waals surface area contributed by atoms with Gasteiger partial charge < -0.3 is 24.1 Å². The van der Waals surface area contributed by atoms with Gasteiger partial charge in [0.2, 0.25) is 0 Å². The molecule has 1 aliphatic carbocycles. The van der Waals surface area contributed by atoms with Crippen LogP contribution in [-0.4, -0.2) is 25.6 Å². The molecule has 1 unspecified atom stereocenters. The molecule has 1 N–H and O–H groups in total. The molecular weight excluding hydrogens is 633 g/mol. The summed E-state index contributed by atoms with van der Waals surface area (Å²) in [4.78, 5) is 10.9. The number of aliphatic hydroxyl groups excluding tert-OH is 1. The van der Waals surface area contributed by atoms with E-state index in [1.165, 1.54) is 26.4 Å². The van der Waals surface area contributed by atoms with Crippen molar-refractivity contribution >= 4 is 17.9 Å². The molecule has 250 valence electrons. The summed E-state index contributed by atoms with van der Waals surface area (Å²) in [5, 5.41) is 11.3. The number of methoxy groups -OCH3 is 2. The Morgan fingerprint density at radius 1 is 0.787 bits per heavy atom. The van der Waals surface area contributed by atoms with Gasteiger partial charge in [-0.2, -0.15) is 13.2 Å². The lowest BCUT2D eigenvalue weighted by Gasteiger charge is -2.28. The van der Waals surface area contributed by atoms with Crippen molar-refractivity contribution in [1.29, 1.82) is 0 Å². The molecule has 47 heavy (non-hydrogen) atoms. The SMILES string of the molecule is COc1cc(C(F)(F)F)c(C=O)cc1OCc1ccccc1.COc1cc(Cl)c(C(O)C2CCCCC2)cc1OCc1ccccc1. The maximum absolute atomic E-state index is 12.9. The number of halogens is 4. The van der Waals surface area contributed by atoms with Crippen LogP contribution < -0.4 is 18.9 Å². The Hall–Kier alpha value is -4.21. The second kappa shape index (κ2) is 17.1. The normalized spacial score (nSPS) is 13.9. The first-order valence-electron chi connectivity index (χ1n) is 15.3. The van der Waals surface area contributed by atoms with Crippen LogP contribution in [0.3, 0.4) is 0 Å². The van der Waals surface area contributed by atoms with Crippen LogP contribution in [0, 0.1) is 5.92 Å². The molecule has 0 saturated heterocycles. The number of alkyl halides is 3. The Kier molecular flexibility index (Phi) is 13.0. The fraction of sp³-hybridized carbons (Fsp3) is 0.324. The Balaban J connectivity index is 0.000000215. The third kappa shape index (κ3) is 9.89. The van der Waals surface area contributed by atoms with E-state index in [0.717, 1.165) is 41.7 Å². The number of carbonyl (C=O) groups excluding carboxylic acids is 1. The molecule has 1 saturated carbocycles. The van der Waals surface area contributed by atoms with E-state index in [2.05, 4.69) is 0 Å². The molecule has 0 radical (unpaired) electrons. The van der Waals surface area contributed by atoms with Crippen LogP contribution in [0.5, 0.6) is 23.0 Å². The first kappa shape index (κ1) is 35.6. The molecule has 6 nitrogen and oxygen atoms in total. The van der Waals surface area contributed by atoms with Gasteiger partial charge in [-0.1, -0.05) is 91.5 Å². The van der Waals surface area contributed by atoms with E-state index in [0.29, 0.717) is 23.1 Å². The van der Waals surface area contributed by atoms with Gasteiger partial charge in [0.1, 0.15) is 13.2 Å². The number of ether oxygens (including phenoxy) is 4. The highest BCUT2D eigenvalue weighted by Crippen LogP contribution is 2.42. The zero-order chi connectivity index (χ0) is 33.8. The summed E-state index contributed by atoms with van der Waals surface area (Å²) in [7, 11) is 2.84. The number of hydrogen-bond acceptors (Lipinski definition) is 6. The predicted octanol–water partition coefficient (Wildman–Crippen LogP) is 9.65. The number of rotatable bonds is 11. The fourth-order valence-corrected chi connectivity index (χ4v) is 5.68. The van der Waals surface area contributed by atoms with Gasteiger partial charge in [0.15, 0.2) is 29.3 Å². The third-order valence-corrected chi connectivity index (χ3v) is 8.27. The van der Waals surface area contributed by atoms with E-state index in [9.17, 15) is 23.1 Å². The standard InChI is InChI=1S/C21H25ClO3.C16H13F3O3/c1-24-19-13-18(22)17(21(23)16-10-6-3-7-11-16)12-20(19)25-14-15-8-4-2-5-9-15;1-21-14-8-13(16(17,18)19)12(9-20)7-15(14)22-10-11-5-3-2-4-6-11/h2,4-5,8-9,12-13,16,21,23H,3,6-7,10-11,14H2,1H3;2-9H,10H2,1H3. The van der Waals surface area contributed by atoms with Gasteiger partial charge >= 0.3 is 6.18 Å². The van der Waals surface area contributed by atoms with Crippen molar-refractivity contribution in [2.75, 3.05) is 14.2 Å². The van der Waals surface area contributed by atoms with Crippen LogP contribution >= 0.6 is 11.6 Å². The van der Waals surface area contributed by atoms with Crippen LogP contribution in [0.15, 0.2) is 84.9 Å². The zero-order valence-corrected chi connectivity index (χ0v) is 27.0. The Morgan fingerprint density at radius 3 is 1.79 bits per heavy atom. The van der Waals surface area contributed by atoms with Crippen molar-refractivity contribution in [1.82, 2.24) is 0 Å². The van der Waals surface area contributed by atoms with Crippen molar-refractivity contribution < 1.29 is 42.0 Å². The smallest absolute Gasteiger partial charge is 0.417 e. The molecule has 1 fully saturated rings. The molecule has 4 aromatic carbocycles. The molecule has 0 amide bonds. The average molecular weight is 671 g/mol. The Labute approximate surface area is 278 Å². The lowest BCUT2D eigenvalue weighted by molar-refractivity contribution is -0.137. The minimum absolute atomic E-state index is 0.0751. The zero-order valence-electron chi connectivity index (χ0n) is 26.3. The van der Waals surface area contributed by atoms with E-state index in [-0.39, 0.29) is 30.3 Å². The van der Waals surface area contributed by atoms with Crippen molar-refractivity contribution in [3.63, 3.8) is 0 Å². The summed E-state index contributed by atoms with van der Waals surface area (Å²) < 4.78 is 60.4. The number of aliphatic hydroxyl groups is 1. The molecule has 0 aliphatic heterocycles. The van der Waals surface area contributed by atoms with Gasteiger partial charge in [-0.15, -0.1) is 0 Å². The topological polar surface area (TPSA) is 74.2 Å². The highest BCUT2D eigenvalue weighted by molar-refractivity contribution is 6.31. The lowest BCUT2D eigenvalue weighted by Crippen LogP contribution is -2.16. The second-order valence-corrected chi connectivity index (χ2v) is 11.5. The van der Waals surface area contributed by atoms with Gasteiger partial charge in [-0.25, -0.2) is 0 Å². The van der Waals surface area contributed by atoms with Crippen molar-refractivity contribution in [3.8, 4) is 23.0 Å². The molecule has 0 bridgehead atoms. The van der Waals surface area contributed by atoms with E-state index < -0.39 is 23.4 Å². The monoisotopic (exact) mass is 670 g/mol. The predicted molar refractivity (Wildman–Crippen MR) is 174 cm³/mol. The number of carbonyl (C=O) groups is 1. The summed E-state index contributed by atoms with van der Waals surface area (Å²) in [6.07, 6.45) is 0.648. The van der Waals surface area contributed by atoms with Crippen molar-refractivity contribution in [3.05, 3.63) is 118 Å². The lowest BCUT2D eigenvalue weighted by atomic mass is 9.82. The molecular formula is C37H38ClF3O6. The maximum atomic E-state index is 12.9. The van der Waals surface area contributed by atoms with E-state index in [1.807, 2.05) is 66.7 Å².